The number of hydrogen-bond donors (Lipinski definition) is 2. The van der Waals surface area contributed by atoms with E-state index in [9.17, 15) is 19.7 Å². The van der Waals surface area contributed by atoms with Crippen LogP contribution in [0.4, 0.5) is 5.69 Å². The second-order valence-electron chi connectivity index (χ2n) is 5.16. The minimum absolute atomic E-state index is 0.130. The standard InChI is InChI=1S/C14H17N3O4/c18-13(8-10-4-1-2-5-10)15-16-14(19)11-6-3-7-12(9-11)17(20)21/h3,6-7,9-10H,1-2,4-5,8H2,(H,15,18)(H,16,19). The maximum absolute atomic E-state index is 11.8. The Hall–Kier alpha value is -2.44. The highest BCUT2D eigenvalue weighted by molar-refractivity contribution is 5.95. The van der Waals surface area contributed by atoms with Crippen LogP contribution in [0.15, 0.2) is 24.3 Å². The highest BCUT2D eigenvalue weighted by Crippen LogP contribution is 2.27. The minimum Gasteiger partial charge on any atom is -0.273 e. The van der Waals surface area contributed by atoms with Gasteiger partial charge in [0.15, 0.2) is 0 Å². The summed E-state index contributed by atoms with van der Waals surface area (Å²) in [6.07, 6.45) is 4.80. The van der Waals surface area contributed by atoms with Gasteiger partial charge in [0, 0.05) is 24.1 Å². The van der Waals surface area contributed by atoms with Gasteiger partial charge >= 0.3 is 0 Å². The van der Waals surface area contributed by atoms with Crippen LogP contribution in [0.3, 0.4) is 0 Å². The van der Waals surface area contributed by atoms with Gasteiger partial charge in [-0.05, 0) is 24.8 Å². The molecular formula is C14H17N3O4. The number of hydrogen-bond acceptors (Lipinski definition) is 4. The molecule has 2 amide bonds. The average Bonchev–Trinajstić information content (AvgIpc) is 2.97. The third kappa shape index (κ3) is 4.27. The Morgan fingerprint density at radius 2 is 1.95 bits per heavy atom. The quantitative estimate of drug-likeness (QED) is 0.653. The molecule has 0 heterocycles. The molecule has 0 saturated heterocycles. The van der Waals surface area contributed by atoms with Crippen LogP contribution >= 0.6 is 0 Å². The fraction of sp³-hybridized carbons (Fsp3) is 0.429. The van der Waals surface area contributed by atoms with Gasteiger partial charge in [0.05, 0.1) is 4.92 Å². The van der Waals surface area contributed by atoms with Crippen molar-refractivity contribution in [2.75, 3.05) is 0 Å². The maximum Gasteiger partial charge on any atom is 0.270 e. The molecule has 0 unspecified atom stereocenters. The predicted molar refractivity (Wildman–Crippen MR) is 75.3 cm³/mol. The lowest BCUT2D eigenvalue weighted by Gasteiger charge is -2.10. The summed E-state index contributed by atoms with van der Waals surface area (Å²) in [5, 5.41) is 10.6. The van der Waals surface area contributed by atoms with Crippen LogP contribution in [0.5, 0.6) is 0 Å². The number of amides is 2. The highest BCUT2D eigenvalue weighted by atomic mass is 16.6. The van der Waals surface area contributed by atoms with Crippen LogP contribution in [-0.4, -0.2) is 16.7 Å². The largest absolute Gasteiger partial charge is 0.273 e. The average molecular weight is 291 g/mol. The van der Waals surface area contributed by atoms with Crippen molar-refractivity contribution >= 4 is 17.5 Å². The van der Waals surface area contributed by atoms with Crippen molar-refractivity contribution in [3.8, 4) is 0 Å². The first kappa shape index (κ1) is 15.0. The molecule has 2 N–H and O–H groups in total. The molecule has 1 aromatic rings. The summed E-state index contributed by atoms with van der Waals surface area (Å²) < 4.78 is 0. The van der Waals surface area contributed by atoms with Gasteiger partial charge in [0.25, 0.3) is 11.6 Å². The number of nitro benzene ring substituents is 1. The SMILES string of the molecule is O=C(CC1CCCC1)NNC(=O)c1cccc([N+](=O)[O-])c1. The molecule has 0 radical (unpaired) electrons. The number of non-ortho nitro benzene ring substituents is 1. The molecular weight excluding hydrogens is 274 g/mol. The molecule has 0 aliphatic heterocycles. The molecule has 0 spiro atoms. The Morgan fingerprint density at radius 1 is 1.24 bits per heavy atom. The molecule has 1 fully saturated rings. The molecule has 0 atom stereocenters. The van der Waals surface area contributed by atoms with Crippen LogP contribution < -0.4 is 10.9 Å². The summed E-state index contributed by atoms with van der Waals surface area (Å²) in [5.74, 6) is -0.418. The van der Waals surface area contributed by atoms with Crippen molar-refractivity contribution in [3.63, 3.8) is 0 Å². The van der Waals surface area contributed by atoms with Crippen molar-refractivity contribution in [2.45, 2.75) is 32.1 Å². The highest BCUT2D eigenvalue weighted by Gasteiger charge is 2.19. The third-order valence-corrected chi connectivity index (χ3v) is 3.58. The number of hydrazine groups is 1. The van der Waals surface area contributed by atoms with Crippen LogP contribution in [0, 0.1) is 16.0 Å². The van der Waals surface area contributed by atoms with Gasteiger partial charge in [-0.3, -0.25) is 30.6 Å². The van der Waals surface area contributed by atoms with Crippen molar-refractivity contribution < 1.29 is 14.5 Å². The molecule has 1 saturated carbocycles. The Bertz CT molecular complexity index is 553. The molecule has 1 aliphatic carbocycles. The Kier molecular flexibility index (Phi) is 4.86. The fourth-order valence-electron chi connectivity index (χ4n) is 2.49. The van der Waals surface area contributed by atoms with Crippen LogP contribution in [-0.2, 0) is 4.79 Å². The Balaban J connectivity index is 1.85. The van der Waals surface area contributed by atoms with E-state index < -0.39 is 10.8 Å². The molecule has 112 valence electrons. The second-order valence-corrected chi connectivity index (χ2v) is 5.16. The Morgan fingerprint density at radius 3 is 2.62 bits per heavy atom. The molecule has 2 rings (SSSR count). The van der Waals surface area contributed by atoms with E-state index in [1.807, 2.05) is 0 Å². The summed E-state index contributed by atoms with van der Waals surface area (Å²) in [6, 6.07) is 5.34. The van der Waals surface area contributed by atoms with E-state index in [1.165, 1.54) is 24.3 Å². The van der Waals surface area contributed by atoms with Gasteiger partial charge in [-0.25, -0.2) is 0 Å². The third-order valence-electron chi connectivity index (χ3n) is 3.58. The summed E-state index contributed by atoms with van der Waals surface area (Å²) in [7, 11) is 0. The van der Waals surface area contributed by atoms with Crippen LogP contribution in [0.1, 0.15) is 42.5 Å². The molecule has 1 aromatic carbocycles. The molecule has 21 heavy (non-hydrogen) atoms. The fourth-order valence-corrected chi connectivity index (χ4v) is 2.49. The Labute approximate surface area is 121 Å². The molecule has 7 heteroatoms. The summed E-state index contributed by atoms with van der Waals surface area (Å²) >= 11 is 0. The van der Waals surface area contributed by atoms with E-state index in [2.05, 4.69) is 10.9 Å². The summed E-state index contributed by atoms with van der Waals surface area (Å²) in [6.45, 7) is 0. The molecule has 7 nitrogen and oxygen atoms in total. The van der Waals surface area contributed by atoms with Gasteiger partial charge in [0.2, 0.25) is 5.91 Å². The van der Waals surface area contributed by atoms with E-state index in [1.54, 1.807) is 0 Å². The zero-order chi connectivity index (χ0) is 15.2. The lowest BCUT2D eigenvalue weighted by molar-refractivity contribution is -0.384. The number of rotatable bonds is 4. The number of nitrogens with zero attached hydrogens (tertiary/aromatic N) is 1. The monoisotopic (exact) mass is 291 g/mol. The first-order chi connectivity index (χ1) is 10.1. The van der Waals surface area contributed by atoms with Gasteiger partial charge < -0.3 is 0 Å². The lowest BCUT2D eigenvalue weighted by Crippen LogP contribution is -2.42. The number of carbonyl (C=O) groups is 2. The molecule has 0 bridgehead atoms. The summed E-state index contributed by atoms with van der Waals surface area (Å²) in [4.78, 5) is 33.6. The van der Waals surface area contributed by atoms with E-state index in [4.69, 9.17) is 0 Å². The van der Waals surface area contributed by atoms with Crippen molar-refractivity contribution in [3.05, 3.63) is 39.9 Å². The van der Waals surface area contributed by atoms with Crippen molar-refractivity contribution in [2.24, 2.45) is 5.92 Å². The molecule has 1 aliphatic rings. The molecule has 0 aromatic heterocycles. The number of benzene rings is 1. The summed E-state index contributed by atoms with van der Waals surface area (Å²) in [5.41, 5.74) is 4.59. The number of nitro groups is 1. The van der Waals surface area contributed by atoms with E-state index in [0.29, 0.717) is 12.3 Å². The van der Waals surface area contributed by atoms with E-state index in [-0.39, 0.29) is 17.2 Å². The predicted octanol–water partition coefficient (Wildman–Crippen LogP) is 1.94. The second kappa shape index (κ2) is 6.83. The normalized spacial score (nSPS) is 14.7. The topological polar surface area (TPSA) is 101 Å². The zero-order valence-corrected chi connectivity index (χ0v) is 11.5. The van der Waals surface area contributed by atoms with Crippen molar-refractivity contribution in [1.29, 1.82) is 0 Å². The smallest absolute Gasteiger partial charge is 0.270 e. The van der Waals surface area contributed by atoms with Crippen LogP contribution in [0.25, 0.3) is 0 Å². The van der Waals surface area contributed by atoms with Gasteiger partial charge in [-0.15, -0.1) is 0 Å². The van der Waals surface area contributed by atoms with Gasteiger partial charge in [-0.1, -0.05) is 18.9 Å². The zero-order valence-electron chi connectivity index (χ0n) is 11.5. The van der Waals surface area contributed by atoms with Crippen LogP contribution in [0.2, 0.25) is 0 Å². The van der Waals surface area contributed by atoms with E-state index in [0.717, 1.165) is 25.7 Å². The van der Waals surface area contributed by atoms with Gasteiger partial charge in [0.1, 0.15) is 0 Å². The number of carbonyl (C=O) groups excluding carboxylic acids is 2. The minimum atomic E-state index is -0.574. The van der Waals surface area contributed by atoms with E-state index >= 15 is 0 Å². The van der Waals surface area contributed by atoms with Crippen molar-refractivity contribution in [1.82, 2.24) is 10.9 Å². The lowest BCUT2D eigenvalue weighted by atomic mass is 10.0. The van der Waals surface area contributed by atoms with Gasteiger partial charge in [-0.2, -0.15) is 0 Å². The first-order valence-electron chi connectivity index (χ1n) is 6.90. The number of nitrogens with one attached hydrogen (secondary N) is 2. The first-order valence-corrected chi connectivity index (χ1v) is 6.90. The maximum atomic E-state index is 11.8.